The van der Waals surface area contributed by atoms with Crippen LogP contribution >= 0.6 is 0 Å². The second kappa shape index (κ2) is 7.17. The number of nitrogens with one attached hydrogen (secondary N) is 1. The van der Waals surface area contributed by atoms with Gasteiger partial charge in [0.25, 0.3) is 5.91 Å². The normalized spacial score (nSPS) is 10.8. The lowest BCUT2D eigenvalue weighted by Crippen LogP contribution is -2.24. The third kappa shape index (κ3) is 3.91. The first-order valence-electron chi connectivity index (χ1n) is 7.16. The van der Waals surface area contributed by atoms with Crippen LogP contribution in [-0.2, 0) is 4.79 Å². The standard InChI is InChI=1S/C18H15N3O2/c22-17(13-23-16-9-2-1-3-10-16)21-20-12-15-7-4-6-14-8-5-11-19-18(14)15/h1-12H,13H2,(H,21,22)/b20-12-. The lowest BCUT2D eigenvalue weighted by molar-refractivity contribution is -0.123. The number of carbonyl (C=O) groups excluding carboxylic acids is 1. The number of fused-ring (bicyclic) bond motifs is 1. The smallest absolute Gasteiger partial charge is 0.277 e. The number of carbonyl (C=O) groups is 1. The molecule has 0 saturated heterocycles. The second-order valence-electron chi connectivity index (χ2n) is 4.82. The van der Waals surface area contributed by atoms with Crippen LogP contribution in [0, 0.1) is 0 Å². The van der Waals surface area contributed by atoms with Crippen LogP contribution in [0.15, 0.2) is 72.0 Å². The van der Waals surface area contributed by atoms with Crippen molar-refractivity contribution in [3.63, 3.8) is 0 Å². The number of benzene rings is 2. The Morgan fingerprint density at radius 1 is 1.09 bits per heavy atom. The second-order valence-corrected chi connectivity index (χ2v) is 4.82. The van der Waals surface area contributed by atoms with Gasteiger partial charge in [0.05, 0.1) is 11.7 Å². The molecular weight excluding hydrogens is 290 g/mol. The van der Waals surface area contributed by atoms with Crippen molar-refractivity contribution in [2.24, 2.45) is 5.10 Å². The summed E-state index contributed by atoms with van der Waals surface area (Å²) in [6.07, 6.45) is 3.31. The zero-order valence-corrected chi connectivity index (χ0v) is 12.3. The maximum Gasteiger partial charge on any atom is 0.277 e. The van der Waals surface area contributed by atoms with Crippen LogP contribution in [-0.4, -0.2) is 23.7 Å². The highest BCUT2D eigenvalue weighted by atomic mass is 16.5. The van der Waals surface area contributed by atoms with Gasteiger partial charge >= 0.3 is 0 Å². The Morgan fingerprint density at radius 2 is 1.91 bits per heavy atom. The van der Waals surface area contributed by atoms with E-state index in [2.05, 4.69) is 15.5 Å². The van der Waals surface area contributed by atoms with Crippen LogP contribution in [0.5, 0.6) is 5.75 Å². The molecule has 1 heterocycles. The van der Waals surface area contributed by atoms with Crippen LogP contribution < -0.4 is 10.2 Å². The van der Waals surface area contributed by atoms with Gasteiger partial charge in [-0.05, 0) is 18.2 Å². The van der Waals surface area contributed by atoms with Gasteiger partial charge in [0.15, 0.2) is 6.61 Å². The van der Waals surface area contributed by atoms with E-state index in [4.69, 9.17) is 4.74 Å². The molecule has 0 atom stereocenters. The van der Waals surface area contributed by atoms with E-state index in [9.17, 15) is 4.79 Å². The van der Waals surface area contributed by atoms with Crippen molar-refractivity contribution in [3.05, 3.63) is 72.4 Å². The topological polar surface area (TPSA) is 63.6 Å². The monoisotopic (exact) mass is 305 g/mol. The average molecular weight is 305 g/mol. The van der Waals surface area contributed by atoms with Crippen molar-refractivity contribution < 1.29 is 9.53 Å². The molecule has 3 aromatic rings. The number of nitrogens with zero attached hydrogens (tertiary/aromatic N) is 2. The number of hydrogen-bond donors (Lipinski definition) is 1. The van der Waals surface area contributed by atoms with E-state index >= 15 is 0 Å². The van der Waals surface area contributed by atoms with E-state index < -0.39 is 0 Å². The number of hydrogen-bond acceptors (Lipinski definition) is 4. The van der Waals surface area contributed by atoms with E-state index in [1.807, 2.05) is 48.5 Å². The van der Waals surface area contributed by atoms with Crippen molar-refractivity contribution in [3.8, 4) is 5.75 Å². The van der Waals surface area contributed by atoms with Crippen molar-refractivity contribution in [2.45, 2.75) is 0 Å². The highest BCUT2D eigenvalue weighted by Crippen LogP contribution is 2.13. The summed E-state index contributed by atoms with van der Waals surface area (Å²) in [7, 11) is 0. The zero-order valence-electron chi connectivity index (χ0n) is 12.3. The van der Waals surface area contributed by atoms with Crippen LogP contribution in [0.1, 0.15) is 5.56 Å². The van der Waals surface area contributed by atoms with Crippen molar-refractivity contribution in [1.29, 1.82) is 0 Å². The predicted octanol–water partition coefficient (Wildman–Crippen LogP) is 2.76. The molecule has 3 rings (SSSR count). The van der Waals surface area contributed by atoms with E-state index in [-0.39, 0.29) is 12.5 Å². The fraction of sp³-hybridized carbons (Fsp3) is 0.0556. The number of rotatable bonds is 5. The molecule has 0 spiro atoms. The Bertz CT molecular complexity index is 827. The molecule has 0 unspecified atom stereocenters. The minimum absolute atomic E-state index is 0.0882. The van der Waals surface area contributed by atoms with Gasteiger partial charge in [-0.2, -0.15) is 5.10 Å². The Hall–Kier alpha value is -3.21. The quantitative estimate of drug-likeness (QED) is 0.582. The molecule has 23 heavy (non-hydrogen) atoms. The van der Waals surface area contributed by atoms with E-state index in [0.717, 1.165) is 16.5 Å². The largest absolute Gasteiger partial charge is 0.484 e. The first-order valence-corrected chi connectivity index (χ1v) is 7.16. The van der Waals surface area contributed by atoms with E-state index in [1.54, 1.807) is 24.5 Å². The minimum atomic E-state index is -0.321. The van der Waals surface area contributed by atoms with Crippen LogP contribution in [0.3, 0.4) is 0 Å². The molecule has 1 N–H and O–H groups in total. The summed E-state index contributed by atoms with van der Waals surface area (Å²) in [6, 6.07) is 18.8. The van der Waals surface area contributed by atoms with Gasteiger partial charge in [-0.3, -0.25) is 9.78 Å². The van der Waals surface area contributed by atoms with Gasteiger partial charge < -0.3 is 4.74 Å². The molecule has 0 bridgehead atoms. The van der Waals surface area contributed by atoms with Crippen LogP contribution in [0.25, 0.3) is 10.9 Å². The maximum absolute atomic E-state index is 11.7. The Morgan fingerprint density at radius 3 is 2.78 bits per heavy atom. The van der Waals surface area contributed by atoms with E-state index in [0.29, 0.717) is 5.75 Å². The molecule has 0 fully saturated rings. The van der Waals surface area contributed by atoms with Crippen LogP contribution in [0.2, 0.25) is 0 Å². The molecule has 0 radical (unpaired) electrons. The summed E-state index contributed by atoms with van der Waals surface area (Å²) in [5.74, 6) is 0.322. The van der Waals surface area contributed by atoms with Crippen molar-refractivity contribution in [1.82, 2.24) is 10.4 Å². The molecule has 0 aliphatic rings. The third-order valence-electron chi connectivity index (χ3n) is 3.17. The molecule has 2 aromatic carbocycles. The highest BCUT2D eigenvalue weighted by Gasteiger charge is 2.02. The molecule has 5 nitrogen and oxygen atoms in total. The Kier molecular flexibility index (Phi) is 4.59. The molecule has 114 valence electrons. The molecule has 1 aromatic heterocycles. The summed E-state index contributed by atoms with van der Waals surface area (Å²) in [4.78, 5) is 16.0. The lowest BCUT2D eigenvalue weighted by atomic mass is 10.1. The first kappa shape index (κ1) is 14.7. The minimum Gasteiger partial charge on any atom is -0.484 e. The van der Waals surface area contributed by atoms with E-state index in [1.165, 1.54) is 0 Å². The van der Waals surface area contributed by atoms with Crippen molar-refractivity contribution >= 4 is 23.0 Å². The molecular formula is C18H15N3O2. The van der Waals surface area contributed by atoms with Gasteiger partial charge in [-0.25, -0.2) is 5.43 Å². The summed E-state index contributed by atoms with van der Waals surface area (Å²) in [5.41, 5.74) is 4.13. The summed E-state index contributed by atoms with van der Waals surface area (Å²) < 4.78 is 5.34. The van der Waals surface area contributed by atoms with Gasteiger partial charge in [-0.15, -0.1) is 0 Å². The first-order chi connectivity index (χ1) is 11.3. The summed E-state index contributed by atoms with van der Waals surface area (Å²) >= 11 is 0. The fourth-order valence-corrected chi connectivity index (χ4v) is 2.10. The zero-order chi connectivity index (χ0) is 15.9. The van der Waals surface area contributed by atoms with Gasteiger partial charge in [0, 0.05) is 17.1 Å². The third-order valence-corrected chi connectivity index (χ3v) is 3.17. The number of ether oxygens (including phenoxy) is 1. The Labute approximate surface area is 133 Å². The molecule has 5 heteroatoms. The van der Waals surface area contributed by atoms with Gasteiger partial charge in [0.2, 0.25) is 0 Å². The summed E-state index contributed by atoms with van der Waals surface area (Å²) in [6.45, 7) is -0.0882. The number of hydrazone groups is 1. The number of aromatic nitrogens is 1. The maximum atomic E-state index is 11.7. The lowest BCUT2D eigenvalue weighted by Gasteiger charge is -2.04. The van der Waals surface area contributed by atoms with Gasteiger partial charge in [0.1, 0.15) is 5.75 Å². The Balaban J connectivity index is 1.59. The molecule has 0 aliphatic heterocycles. The average Bonchev–Trinajstić information content (AvgIpc) is 2.61. The molecule has 1 amide bonds. The highest BCUT2D eigenvalue weighted by molar-refractivity contribution is 5.97. The SMILES string of the molecule is O=C(COc1ccccc1)N/N=C\c1cccc2cccnc12. The summed E-state index contributed by atoms with van der Waals surface area (Å²) in [5, 5.41) is 4.98. The van der Waals surface area contributed by atoms with Crippen LogP contribution in [0.4, 0.5) is 0 Å². The predicted molar refractivity (Wildman–Crippen MR) is 89.4 cm³/mol. The molecule has 0 saturated carbocycles. The van der Waals surface area contributed by atoms with Gasteiger partial charge in [-0.1, -0.05) is 42.5 Å². The number of amides is 1. The molecule has 0 aliphatic carbocycles. The number of pyridine rings is 1. The van der Waals surface area contributed by atoms with Crippen molar-refractivity contribution in [2.75, 3.05) is 6.61 Å². The number of para-hydroxylation sites is 2. The fourth-order valence-electron chi connectivity index (χ4n) is 2.10.